The molecule has 8 heteroatoms. The Hall–Kier alpha value is -1.90. The summed E-state index contributed by atoms with van der Waals surface area (Å²) in [4.78, 5) is 1.46. The topological polar surface area (TPSA) is 39.9 Å². The fourth-order valence-electron chi connectivity index (χ4n) is 3.37. The number of benzene rings is 2. The van der Waals surface area contributed by atoms with E-state index >= 15 is 8.78 Å². The van der Waals surface area contributed by atoms with Crippen molar-refractivity contribution < 1.29 is 13.5 Å². The lowest BCUT2D eigenvalue weighted by Crippen LogP contribution is -2.22. The molecule has 3 aromatic rings. The first kappa shape index (κ1) is 20.4. The van der Waals surface area contributed by atoms with Gasteiger partial charge in [-0.1, -0.05) is 53.8 Å². The summed E-state index contributed by atoms with van der Waals surface area (Å²) in [5.41, 5.74) is 2.32. The van der Waals surface area contributed by atoms with Crippen molar-refractivity contribution >= 4 is 24.0 Å². The summed E-state index contributed by atoms with van der Waals surface area (Å²) in [5.74, 6) is -3.04. The van der Waals surface area contributed by atoms with E-state index in [0.29, 0.717) is 33.5 Å². The summed E-state index contributed by atoms with van der Waals surface area (Å²) in [6.07, 6.45) is 1.58. The van der Waals surface area contributed by atoms with Crippen molar-refractivity contribution in [1.29, 1.82) is 0 Å². The van der Waals surface area contributed by atoms with Gasteiger partial charge >= 0.3 is 0 Å². The fourth-order valence-corrected chi connectivity index (χ4v) is 4.49. The highest BCUT2D eigenvalue weighted by Crippen LogP contribution is 2.52. The predicted molar refractivity (Wildman–Crippen MR) is 116 cm³/mol. The van der Waals surface area contributed by atoms with Crippen molar-refractivity contribution in [3.63, 3.8) is 0 Å². The van der Waals surface area contributed by atoms with Gasteiger partial charge in [-0.3, -0.25) is 0 Å². The number of hydrogen-bond donors (Lipinski definition) is 0. The average molecular weight is 478 g/mol. The van der Waals surface area contributed by atoms with E-state index in [-0.39, 0.29) is 17.9 Å². The second-order valence-corrected chi connectivity index (χ2v) is 15.0. The summed E-state index contributed by atoms with van der Waals surface area (Å²) >= 11 is 3.29. The molecular formula is C21H22BrF2N3OSi. The van der Waals surface area contributed by atoms with Gasteiger partial charge in [0.2, 0.25) is 0 Å². The van der Waals surface area contributed by atoms with E-state index in [2.05, 4.69) is 45.8 Å². The Morgan fingerprint density at radius 3 is 2.48 bits per heavy atom. The summed E-state index contributed by atoms with van der Waals surface area (Å²) < 4.78 is 36.4. The molecule has 0 amide bonds. The van der Waals surface area contributed by atoms with Gasteiger partial charge in [0.15, 0.2) is 6.73 Å². The molecule has 2 aromatic carbocycles. The molecule has 0 spiro atoms. The highest BCUT2D eigenvalue weighted by Gasteiger charge is 2.44. The molecule has 0 saturated carbocycles. The van der Waals surface area contributed by atoms with Crippen LogP contribution in [0, 0.1) is 0 Å². The third-order valence-electron chi connectivity index (χ3n) is 5.00. The van der Waals surface area contributed by atoms with E-state index in [4.69, 9.17) is 4.74 Å². The Kier molecular flexibility index (Phi) is 5.21. The molecule has 0 N–H and O–H groups in total. The van der Waals surface area contributed by atoms with Gasteiger partial charge in [0, 0.05) is 35.8 Å². The number of hydrogen-bond acceptors (Lipinski definition) is 3. The SMILES string of the molecule is C[Si](C)(C)CCOCn1ncc(-c2ccc3c(c2)C(F)(F)c2cc(Br)ccc2-3)n1. The van der Waals surface area contributed by atoms with Crippen molar-refractivity contribution in [3.8, 4) is 22.4 Å². The molecule has 0 unspecified atom stereocenters. The van der Waals surface area contributed by atoms with Gasteiger partial charge < -0.3 is 4.74 Å². The standard InChI is InChI=1S/C21H22BrF2N3OSi/c1-29(2,3)9-8-28-13-27-25-12-20(26-27)14-4-6-16-17-7-5-15(22)11-19(17)21(23,24)18(16)10-14/h4-7,10-12H,8-9,13H2,1-3H3. The minimum atomic E-state index is -3.04. The lowest BCUT2D eigenvalue weighted by molar-refractivity contribution is 0.0480. The van der Waals surface area contributed by atoms with Crippen molar-refractivity contribution in [2.45, 2.75) is 38.3 Å². The second kappa shape index (κ2) is 7.41. The van der Waals surface area contributed by atoms with Crippen LogP contribution in [0.1, 0.15) is 11.1 Å². The summed E-state index contributed by atoms with van der Waals surface area (Å²) in [6.45, 7) is 7.81. The van der Waals surface area contributed by atoms with Gasteiger partial charge in [0.05, 0.1) is 6.20 Å². The van der Waals surface area contributed by atoms with Crippen LogP contribution in [0.5, 0.6) is 0 Å². The average Bonchev–Trinajstić information content (AvgIpc) is 3.20. The first-order valence-electron chi connectivity index (χ1n) is 9.46. The zero-order valence-electron chi connectivity index (χ0n) is 16.5. The first-order valence-corrected chi connectivity index (χ1v) is 14.0. The van der Waals surface area contributed by atoms with E-state index < -0.39 is 14.0 Å². The molecular weight excluding hydrogens is 456 g/mol. The lowest BCUT2D eigenvalue weighted by Gasteiger charge is -2.14. The molecule has 4 nitrogen and oxygen atoms in total. The summed E-state index contributed by atoms with van der Waals surface area (Å²) in [7, 11) is -1.15. The summed E-state index contributed by atoms with van der Waals surface area (Å²) in [5, 5.41) is 8.60. The molecule has 29 heavy (non-hydrogen) atoms. The number of halogens is 3. The molecule has 0 atom stereocenters. The molecule has 1 aliphatic rings. The molecule has 4 rings (SSSR count). The third-order valence-corrected chi connectivity index (χ3v) is 7.20. The molecule has 1 aromatic heterocycles. The number of fused-ring (bicyclic) bond motifs is 3. The highest BCUT2D eigenvalue weighted by atomic mass is 79.9. The van der Waals surface area contributed by atoms with Crippen LogP contribution in [-0.4, -0.2) is 29.7 Å². The Bertz CT molecular complexity index is 1060. The molecule has 0 saturated heterocycles. The number of ether oxygens (including phenoxy) is 1. The fraction of sp³-hybridized carbons (Fsp3) is 0.333. The second-order valence-electron chi connectivity index (χ2n) is 8.47. The van der Waals surface area contributed by atoms with Crippen LogP contribution in [-0.2, 0) is 17.4 Å². The van der Waals surface area contributed by atoms with Crippen LogP contribution in [0.15, 0.2) is 47.1 Å². The van der Waals surface area contributed by atoms with Crippen LogP contribution in [0.2, 0.25) is 25.7 Å². The summed E-state index contributed by atoms with van der Waals surface area (Å²) in [6, 6.07) is 11.1. The van der Waals surface area contributed by atoms with E-state index in [0.717, 1.165) is 6.04 Å². The molecule has 0 bridgehead atoms. The van der Waals surface area contributed by atoms with Crippen LogP contribution in [0.25, 0.3) is 22.4 Å². The highest BCUT2D eigenvalue weighted by molar-refractivity contribution is 9.10. The molecule has 1 heterocycles. The van der Waals surface area contributed by atoms with Gasteiger partial charge in [0.25, 0.3) is 5.92 Å². The van der Waals surface area contributed by atoms with Crippen LogP contribution in [0.4, 0.5) is 8.78 Å². The minimum Gasteiger partial charge on any atom is -0.358 e. The normalized spacial score (nSPS) is 14.7. The molecule has 0 aliphatic heterocycles. The van der Waals surface area contributed by atoms with Crippen LogP contribution in [0.3, 0.4) is 0 Å². The number of aromatic nitrogens is 3. The molecule has 0 radical (unpaired) electrons. The maximum Gasteiger partial charge on any atom is 0.299 e. The smallest absolute Gasteiger partial charge is 0.299 e. The van der Waals surface area contributed by atoms with Crippen LogP contribution < -0.4 is 0 Å². The number of nitrogens with zero attached hydrogens (tertiary/aromatic N) is 3. The van der Waals surface area contributed by atoms with Gasteiger partial charge in [0.1, 0.15) is 5.69 Å². The van der Waals surface area contributed by atoms with Gasteiger partial charge in [-0.05, 0) is 35.4 Å². The Morgan fingerprint density at radius 2 is 1.76 bits per heavy atom. The maximum absolute atomic E-state index is 15.0. The number of alkyl halides is 2. The van der Waals surface area contributed by atoms with Crippen molar-refractivity contribution in [1.82, 2.24) is 15.0 Å². The van der Waals surface area contributed by atoms with Crippen molar-refractivity contribution in [3.05, 3.63) is 58.2 Å². The Morgan fingerprint density at radius 1 is 1.07 bits per heavy atom. The van der Waals surface area contributed by atoms with Gasteiger partial charge in [-0.25, -0.2) is 0 Å². The van der Waals surface area contributed by atoms with Gasteiger partial charge in [-0.2, -0.15) is 23.8 Å². The zero-order valence-corrected chi connectivity index (χ0v) is 19.1. The van der Waals surface area contributed by atoms with E-state index in [1.54, 1.807) is 24.4 Å². The van der Waals surface area contributed by atoms with E-state index in [1.807, 2.05) is 6.07 Å². The molecule has 152 valence electrons. The third kappa shape index (κ3) is 4.06. The van der Waals surface area contributed by atoms with E-state index in [9.17, 15) is 0 Å². The number of rotatable bonds is 6. The Balaban J connectivity index is 1.55. The Labute approximate surface area is 178 Å². The lowest BCUT2D eigenvalue weighted by atomic mass is 10.0. The minimum absolute atomic E-state index is 0.00374. The maximum atomic E-state index is 15.0. The monoisotopic (exact) mass is 477 g/mol. The van der Waals surface area contributed by atoms with Crippen molar-refractivity contribution in [2.24, 2.45) is 0 Å². The predicted octanol–water partition coefficient (Wildman–Crippen LogP) is 6.14. The van der Waals surface area contributed by atoms with E-state index in [1.165, 1.54) is 16.9 Å². The van der Waals surface area contributed by atoms with Crippen molar-refractivity contribution in [2.75, 3.05) is 6.61 Å². The molecule has 1 aliphatic carbocycles. The first-order chi connectivity index (χ1) is 13.6. The van der Waals surface area contributed by atoms with Crippen LogP contribution >= 0.6 is 15.9 Å². The molecule has 0 fully saturated rings. The quantitative estimate of drug-likeness (QED) is 0.316. The zero-order chi connectivity index (χ0) is 20.8. The largest absolute Gasteiger partial charge is 0.358 e. The van der Waals surface area contributed by atoms with Gasteiger partial charge in [-0.15, -0.1) is 0 Å².